The molecule has 0 atom stereocenters. The minimum Gasteiger partial charge on any atom is -0.868 e. The predicted octanol–water partition coefficient (Wildman–Crippen LogP) is 3.73. The molecule has 0 heterocycles. The molecule has 0 aliphatic heterocycles. The largest absolute Gasteiger partial charge is 0.868 e. The first-order valence-corrected chi connectivity index (χ1v) is 7.75. The molecule has 3 aromatic rings. The van der Waals surface area contributed by atoms with Crippen LogP contribution < -0.4 is 9.84 Å². The van der Waals surface area contributed by atoms with Gasteiger partial charge in [0.1, 0.15) is 5.75 Å². The van der Waals surface area contributed by atoms with E-state index in [2.05, 4.69) is 0 Å². The number of nitro groups is 1. The Morgan fingerprint density at radius 3 is 2.50 bits per heavy atom. The third-order valence-corrected chi connectivity index (χ3v) is 3.98. The van der Waals surface area contributed by atoms with Gasteiger partial charge in [-0.25, -0.2) is 0 Å². The number of fused-ring (bicyclic) bond motifs is 1. The van der Waals surface area contributed by atoms with Gasteiger partial charge in [0.2, 0.25) is 0 Å². The Morgan fingerprint density at radius 2 is 1.81 bits per heavy atom. The Morgan fingerprint density at radius 1 is 1.08 bits per heavy atom. The fourth-order valence-corrected chi connectivity index (χ4v) is 2.71. The van der Waals surface area contributed by atoms with Gasteiger partial charge in [0.05, 0.1) is 12.0 Å². The molecular formula is C20H14NO5-. The van der Waals surface area contributed by atoms with Crippen molar-refractivity contribution in [2.45, 2.75) is 0 Å². The molecule has 130 valence electrons. The van der Waals surface area contributed by atoms with Gasteiger partial charge < -0.3 is 9.84 Å². The SMILES string of the molecule is COc1ccc(C(=O)/C=C/c2ccc([O-])c([N+](=O)[O-])c2)c2ccccc12. The van der Waals surface area contributed by atoms with Gasteiger partial charge in [-0.15, -0.1) is 0 Å². The van der Waals surface area contributed by atoms with Gasteiger partial charge in [0.25, 0.3) is 5.69 Å². The summed E-state index contributed by atoms with van der Waals surface area (Å²) in [5.41, 5.74) is 0.379. The number of benzene rings is 3. The molecule has 0 fully saturated rings. The van der Waals surface area contributed by atoms with Crippen LogP contribution in [0.2, 0.25) is 0 Å². The minimum atomic E-state index is -0.738. The van der Waals surface area contributed by atoms with E-state index in [4.69, 9.17) is 4.74 Å². The Hall–Kier alpha value is -3.67. The summed E-state index contributed by atoms with van der Waals surface area (Å²) in [4.78, 5) is 22.7. The van der Waals surface area contributed by atoms with E-state index in [0.29, 0.717) is 16.9 Å². The van der Waals surface area contributed by atoms with Crippen LogP contribution in [0.5, 0.6) is 11.5 Å². The van der Waals surface area contributed by atoms with Gasteiger partial charge >= 0.3 is 0 Å². The highest BCUT2D eigenvalue weighted by molar-refractivity contribution is 6.15. The van der Waals surface area contributed by atoms with E-state index in [1.54, 1.807) is 19.2 Å². The molecule has 0 unspecified atom stereocenters. The number of allylic oxidation sites excluding steroid dienone is 1. The molecule has 3 rings (SSSR count). The van der Waals surface area contributed by atoms with E-state index in [1.807, 2.05) is 24.3 Å². The maximum atomic E-state index is 12.6. The van der Waals surface area contributed by atoms with Crippen molar-refractivity contribution in [2.75, 3.05) is 7.11 Å². The Balaban J connectivity index is 1.96. The van der Waals surface area contributed by atoms with E-state index in [9.17, 15) is 20.0 Å². The summed E-state index contributed by atoms with van der Waals surface area (Å²) in [7, 11) is 1.57. The van der Waals surface area contributed by atoms with Crippen molar-refractivity contribution < 1.29 is 19.6 Å². The summed E-state index contributed by atoms with van der Waals surface area (Å²) in [6.07, 6.45) is 2.78. The standard InChI is InChI=1S/C20H15NO5/c1-26-20-11-8-15(14-4-2-3-5-16(14)20)18(22)9-6-13-7-10-19(23)17(12-13)21(24)25/h2-12,23H,1H3/p-1/b9-6+. The zero-order valence-corrected chi connectivity index (χ0v) is 13.8. The number of carbonyl (C=O) groups is 1. The Bertz CT molecular complexity index is 1040. The van der Waals surface area contributed by atoms with Crippen molar-refractivity contribution in [3.8, 4) is 11.5 Å². The molecule has 6 heteroatoms. The second-order valence-corrected chi connectivity index (χ2v) is 5.54. The highest BCUT2D eigenvalue weighted by Gasteiger charge is 2.11. The van der Waals surface area contributed by atoms with Gasteiger partial charge in [-0.3, -0.25) is 14.9 Å². The fourth-order valence-electron chi connectivity index (χ4n) is 2.71. The molecule has 0 radical (unpaired) electrons. The van der Waals surface area contributed by atoms with Crippen molar-refractivity contribution in [1.29, 1.82) is 0 Å². The van der Waals surface area contributed by atoms with Crippen LogP contribution in [0.15, 0.2) is 60.7 Å². The second kappa shape index (κ2) is 7.06. The summed E-state index contributed by atoms with van der Waals surface area (Å²) >= 11 is 0. The number of hydrogen-bond acceptors (Lipinski definition) is 5. The molecule has 0 aromatic heterocycles. The molecule has 0 spiro atoms. The van der Waals surface area contributed by atoms with Gasteiger partial charge in [-0.05, 0) is 34.9 Å². The molecule has 26 heavy (non-hydrogen) atoms. The molecule has 0 N–H and O–H groups in total. The van der Waals surface area contributed by atoms with E-state index in [0.717, 1.165) is 22.9 Å². The topological polar surface area (TPSA) is 92.5 Å². The summed E-state index contributed by atoms with van der Waals surface area (Å²) in [5.74, 6) is -0.250. The van der Waals surface area contributed by atoms with Gasteiger partial charge in [-0.1, -0.05) is 42.5 Å². The normalized spacial score (nSPS) is 11.0. The maximum absolute atomic E-state index is 12.6. The zero-order chi connectivity index (χ0) is 18.7. The number of ketones is 1. The van der Waals surface area contributed by atoms with Crippen LogP contribution in [0.3, 0.4) is 0 Å². The monoisotopic (exact) mass is 348 g/mol. The minimum absolute atomic E-state index is 0.252. The first-order valence-electron chi connectivity index (χ1n) is 7.75. The van der Waals surface area contributed by atoms with Gasteiger partial charge in [-0.2, -0.15) is 0 Å². The molecule has 0 amide bonds. The Labute approximate surface area is 149 Å². The molecule has 0 saturated carbocycles. The smallest absolute Gasteiger partial charge is 0.262 e. The molecular weight excluding hydrogens is 334 g/mol. The summed E-state index contributed by atoms with van der Waals surface area (Å²) in [6.45, 7) is 0. The van der Waals surface area contributed by atoms with E-state index >= 15 is 0 Å². The average Bonchev–Trinajstić information content (AvgIpc) is 2.66. The van der Waals surface area contributed by atoms with Gasteiger partial charge in [0.15, 0.2) is 5.78 Å². The first-order chi connectivity index (χ1) is 12.5. The molecule has 0 aliphatic rings. The van der Waals surface area contributed by atoms with Crippen LogP contribution in [-0.2, 0) is 0 Å². The number of carbonyl (C=O) groups excluding carboxylic acids is 1. The lowest BCUT2D eigenvalue weighted by atomic mass is 10.00. The van der Waals surface area contributed by atoms with Crippen LogP contribution in [0.1, 0.15) is 15.9 Å². The van der Waals surface area contributed by atoms with E-state index in [1.165, 1.54) is 18.2 Å². The van der Waals surface area contributed by atoms with Crippen molar-refractivity contribution in [3.05, 3.63) is 81.9 Å². The number of hydrogen-bond donors (Lipinski definition) is 0. The lowest BCUT2D eigenvalue weighted by Gasteiger charge is -2.08. The third-order valence-electron chi connectivity index (χ3n) is 3.98. The number of methoxy groups -OCH3 is 1. The Kier molecular flexibility index (Phi) is 4.66. The summed E-state index contributed by atoms with van der Waals surface area (Å²) in [5, 5.41) is 23.9. The van der Waals surface area contributed by atoms with Crippen molar-refractivity contribution in [2.24, 2.45) is 0 Å². The maximum Gasteiger partial charge on any atom is 0.262 e. The van der Waals surface area contributed by atoms with Crippen LogP contribution in [0, 0.1) is 10.1 Å². The summed E-state index contributed by atoms with van der Waals surface area (Å²) in [6, 6.07) is 14.5. The number of rotatable bonds is 5. The highest BCUT2D eigenvalue weighted by atomic mass is 16.6. The number of nitrogens with zero attached hydrogens (tertiary/aromatic N) is 1. The third kappa shape index (κ3) is 3.25. The van der Waals surface area contributed by atoms with Crippen molar-refractivity contribution in [1.82, 2.24) is 0 Å². The van der Waals surface area contributed by atoms with E-state index < -0.39 is 16.4 Å². The van der Waals surface area contributed by atoms with Crippen molar-refractivity contribution >= 4 is 28.3 Å². The van der Waals surface area contributed by atoms with Crippen LogP contribution >= 0.6 is 0 Å². The lowest BCUT2D eigenvalue weighted by molar-refractivity contribution is -0.398. The number of ether oxygens (including phenoxy) is 1. The van der Waals surface area contributed by atoms with Gasteiger partial charge in [0, 0.05) is 17.0 Å². The number of nitro benzene ring substituents is 1. The van der Waals surface area contributed by atoms with Crippen molar-refractivity contribution in [3.63, 3.8) is 0 Å². The molecule has 3 aromatic carbocycles. The zero-order valence-electron chi connectivity index (χ0n) is 13.8. The fraction of sp³-hybridized carbons (Fsp3) is 0.0500. The molecule has 0 saturated heterocycles. The first kappa shape index (κ1) is 17.2. The quantitative estimate of drug-likeness (QED) is 0.303. The van der Waals surface area contributed by atoms with Crippen LogP contribution in [0.4, 0.5) is 5.69 Å². The van der Waals surface area contributed by atoms with Crippen LogP contribution in [-0.4, -0.2) is 17.8 Å². The average molecular weight is 348 g/mol. The predicted molar refractivity (Wildman–Crippen MR) is 96.4 cm³/mol. The van der Waals surface area contributed by atoms with Crippen LogP contribution in [0.25, 0.3) is 16.8 Å². The second-order valence-electron chi connectivity index (χ2n) is 5.54. The van der Waals surface area contributed by atoms with E-state index in [-0.39, 0.29) is 5.78 Å². The molecule has 0 aliphatic carbocycles. The molecule has 6 nitrogen and oxygen atoms in total. The lowest BCUT2D eigenvalue weighted by Crippen LogP contribution is -1.98. The highest BCUT2D eigenvalue weighted by Crippen LogP contribution is 2.29. The summed E-state index contributed by atoms with van der Waals surface area (Å²) < 4.78 is 5.32. The molecule has 0 bridgehead atoms.